The molecule has 0 bridgehead atoms. The number of hydrogen-bond donors (Lipinski definition) is 2. The van der Waals surface area contributed by atoms with Crippen LogP contribution in [0.1, 0.15) is 45.4 Å². The lowest BCUT2D eigenvalue weighted by molar-refractivity contribution is -0.121. The van der Waals surface area contributed by atoms with E-state index in [4.69, 9.17) is 0 Å². The molecule has 1 saturated carbocycles. The lowest BCUT2D eigenvalue weighted by atomic mass is 10.0. The minimum absolute atomic E-state index is 0.174. The van der Waals surface area contributed by atoms with Crippen molar-refractivity contribution < 1.29 is 4.79 Å². The van der Waals surface area contributed by atoms with Gasteiger partial charge in [0.2, 0.25) is 5.91 Å². The third-order valence-electron chi connectivity index (χ3n) is 4.20. The molecule has 0 aromatic carbocycles. The zero-order valence-electron chi connectivity index (χ0n) is 12.3. The average Bonchev–Trinajstić information content (AvgIpc) is 3.22. The second-order valence-electron chi connectivity index (χ2n) is 6.11. The van der Waals surface area contributed by atoms with E-state index in [0.29, 0.717) is 12.6 Å². The summed E-state index contributed by atoms with van der Waals surface area (Å²) >= 11 is 0. The van der Waals surface area contributed by atoms with Crippen molar-refractivity contribution in [3.05, 3.63) is 0 Å². The highest BCUT2D eigenvalue weighted by Crippen LogP contribution is 2.27. The topological polar surface area (TPSA) is 44.4 Å². The van der Waals surface area contributed by atoms with Crippen molar-refractivity contribution in [3.8, 4) is 0 Å². The Bertz CT molecular complexity index is 271. The molecule has 0 aromatic heterocycles. The lowest BCUT2D eigenvalue weighted by Gasteiger charge is -2.32. The van der Waals surface area contributed by atoms with E-state index in [2.05, 4.69) is 22.5 Å². The quantitative estimate of drug-likeness (QED) is 0.698. The van der Waals surface area contributed by atoms with Crippen molar-refractivity contribution in [2.24, 2.45) is 5.92 Å². The Balaban J connectivity index is 1.52. The van der Waals surface area contributed by atoms with Crippen LogP contribution in [-0.2, 0) is 4.79 Å². The molecule has 4 nitrogen and oxygen atoms in total. The van der Waals surface area contributed by atoms with E-state index in [0.717, 1.165) is 38.4 Å². The van der Waals surface area contributed by atoms with Crippen molar-refractivity contribution in [1.82, 2.24) is 15.5 Å². The van der Waals surface area contributed by atoms with Crippen molar-refractivity contribution in [2.45, 2.75) is 51.5 Å². The second-order valence-corrected chi connectivity index (χ2v) is 6.11. The van der Waals surface area contributed by atoms with Crippen molar-refractivity contribution >= 4 is 5.91 Å². The fourth-order valence-electron chi connectivity index (χ4n) is 2.67. The molecule has 0 aromatic rings. The Hall–Kier alpha value is -0.610. The zero-order chi connectivity index (χ0) is 13.5. The van der Waals surface area contributed by atoms with Gasteiger partial charge in [0, 0.05) is 19.1 Å². The highest BCUT2D eigenvalue weighted by molar-refractivity contribution is 5.78. The fraction of sp³-hybridized carbons (Fsp3) is 0.933. The van der Waals surface area contributed by atoms with E-state index in [1.807, 2.05) is 0 Å². The molecule has 0 radical (unpaired) electrons. The summed E-state index contributed by atoms with van der Waals surface area (Å²) in [6, 6.07) is 0.396. The molecular formula is C15H29N3O. The molecular weight excluding hydrogens is 238 g/mol. The predicted molar refractivity (Wildman–Crippen MR) is 78.1 cm³/mol. The first-order chi connectivity index (χ1) is 9.28. The summed E-state index contributed by atoms with van der Waals surface area (Å²) in [5.41, 5.74) is 0. The van der Waals surface area contributed by atoms with Gasteiger partial charge in [-0.3, -0.25) is 4.79 Å². The molecule has 0 atom stereocenters. The number of piperidine rings is 1. The third-order valence-corrected chi connectivity index (χ3v) is 4.20. The van der Waals surface area contributed by atoms with Crippen LogP contribution in [0.3, 0.4) is 0 Å². The first kappa shape index (κ1) is 14.8. The molecule has 1 aliphatic heterocycles. The molecule has 2 rings (SSSR count). The first-order valence-corrected chi connectivity index (χ1v) is 8.00. The van der Waals surface area contributed by atoms with Gasteiger partial charge in [0.05, 0.1) is 6.54 Å². The van der Waals surface area contributed by atoms with E-state index in [1.165, 1.54) is 32.2 Å². The molecule has 4 heteroatoms. The van der Waals surface area contributed by atoms with Crippen LogP contribution < -0.4 is 10.6 Å². The Morgan fingerprint density at radius 2 is 1.95 bits per heavy atom. The maximum absolute atomic E-state index is 11.8. The predicted octanol–water partition coefficient (Wildman–Crippen LogP) is 1.37. The van der Waals surface area contributed by atoms with Crippen LogP contribution in [0.15, 0.2) is 0 Å². The Morgan fingerprint density at radius 1 is 1.21 bits per heavy atom. The molecule has 2 fully saturated rings. The first-order valence-electron chi connectivity index (χ1n) is 8.00. The van der Waals surface area contributed by atoms with E-state index >= 15 is 0 Å². The smallest absolute Gasteiger partial charge is 0.234 e. The number of nitrogens with one attached hydrogen (secondary N) is 2. The summed E-state index contributed by atoms with van der Waals surface area (Å²) in [5, 5.41) is 6.41. The largest absolute Gasteiger partial charge is 0.352 e. The minimum Gasteiger partial charge on any atom is -0.352 e. The van der Waals surface area contributed by atoms with E-state index in [9.17, 15) is 4.79 Å². The summed E-state index contributed by atoms with van der Waals surface area (Å²) in [6.07, 6.45) is 7.46. The molecule has 0 unspecified atom stereocenters. The van der Waals surface area contributed by atoms with Crippen LogP contribution in [0.25, 0.3) is 0 Å². The maximum atomic E-state index is 11.8. The van der Waals surface area contributed by atoms with Gasteiger partial charge in [-0.15, -0.1) is 0 Å². The maximum Gasteiger partial charge on any atom is 0.234 e. The molecule has 2 aliphatic rings. The summed E-state index contributed by atoms with van der Waals surface area (Å²) in [5.74, 6) is 1.02. The van der Waals surface area contributed by atoms with Crippen LogP contribution in [0, 0.1) is 5.92 Å². The third kappa shape index (κ3) is 5.91. The number of unbranched alkanes of at least 4 members (excludes halogenated alkanes) is 1. The number of hydrogen-bond acceptors (Lipinski definition) is 3. The van der Waals surface area contributed by atoms with Crippen LogP contribution in [-0.4, -0.2) is 49.6 Å². The number of nitrogens with zero attached hydrogens (tertiary/aromatic N) is 1. The van der Waals surface area contributed by atoms with E-state index in [-0.39, 0.29) is 5.91 Å². The van der Waals surface area contributed by atoms with Crippen LogP contribution in [0.5, 0.6) is 0 Å². The number of rotatable bonds is 8. The average molecular weight is 267 g/mol. The van der Waals surface area contributed by atoms with E-state index < -0.39 is 0 Å². The second kappa shape index (κ2) is 7.85. The van der Waals surface area contributed by atoms with Gasteiger partial charge in [-0.25, -0.2) is 0 Å². The van der Waals surface area contributed by atoms with E-state index in [1.54, 1.807) is 0 Å². The number of carbonyl (C=O) groups excluding carboxylic acids is 1. The van der Waals surface area contributed by atoms with Crippen LogP contribution in [0.2, 0.25) is 0 Å². The van der Waals surface area contributed by atoms with Gasteiger partial charge < -0.3 is 15.5 Å². The Kier molecular flexibility index (Phi) is 6.11. The van der Waals surface area contributed by atoms with Gasteiger partial charge in [-0.1, -0.05) is 13.3 Å². The normalized spacial score (nSPS) is 21.5. The SMILES string of the molecule is CCCCN1CCC(NC(=O)CNCC2CC2)CC1. The highest BCUT2D eigenvalue weighted by Gasteiger charge is 2.22. The number of likely N-dealkylation sites (tertiary alicyclic amines) is 1. The Morgan fingerprint density at radius 3 is 2.58 bits per heavy atom. The van der Waals surface area contributed by atoms with Gasteiger partial charge in [-0.05, 0) is 51.1 Å². The van der Waals surface area contributed by atoms with Gasteiger partial charge in [0.1, 0.15) is 0 Å². The molecule has 0 spiro atoms. The summed E-state index contributed by atoms with van der Waals surface area (Å²) < 4.78 is 0. The Labute approximate surface area is 117 Å². The minimum atomic E-state index is 0.174. The van der Waals surface area contributed by atoms with Crippen molar-refractivity contribution in [1.29, 1.82) is 0 Å². The molecule has 110 valence electrons. The molecule has 1 saturated heterocycles. The molecule has 1 aliphatic carbocycles. The summed E-state index contributed by atoms with van der Waals surface area (Å²) in [4.78, 5) is 14.3. The van der Waals surface area contributed by atoms with Gasteiger partial charge >= 0.3 is 0 Å². The van der Waals surface area contributed by atoms with Crippen molar-refractivity contribution in [2.75, 3.05) is 32.7 Å². The fourth-order valence-corrected chi connectivity index (χ4v) is 2.67. The molecule has 19 heavy (non-hydrogen) atoms. The van der Waals surface area contributed by atoms with Crippen molar-refractivity contribution in [3.63, 3.8) is 0 Å². The standard InChI is InChI=1S/C15H29N3O/c1-2-3-8-18-9-6-14(7-10-18)17-15(19)12-16-11-13-4-5-13/h13-14,16H,2-12H2,1H3,(H,17,19). The van der Waals surface area contributed by atoms with Crippen LogP contribution >= 0.6 is 0 Å². The molecule has 1 amide bonds. The van der Waals surface area contributed by atoms with Gasteiger partial charge in [0.25, 0.3) is 0 Å². The lowest BCUT2D eigenvalue weighted by Crippen LogP contribution is -2.47. The number of carbonyl (C=O) groups is 1. The summed E-state index contributed by atoms with van der Waals surface area (Å²) in [7, 11) is 0. The molecule has 1 heterocycles. The zero-order valence-corrected chi connectivity index (χ0v) is 12.3. The number of amides is 1. The van der Waals surface area contributed by atoms with Crippen LogP contribution in [0.4, 0.5) is 0 Å². The monoisotopic (exact) mass is 267 g/mol. The summed E-state index contributed by atoms with van der Waals surface area (Å²) in [6.45, 7) is 7.25. The van der Waals surface area contributed by atoms with Gasteiger partial charge in [-0.2, -0.15) is 0 Å². The highest BCUT2D eigenvalue weighted by atomic mass is 16.1. The molecule has 2 N–H and O–H groups in total. The van der Waals surface area contributed by atoms with Gasteiger partial charge in [0.15, 0.2) is 0 Å².